The van der Waals surface area contributed by atoms with Crippen molar-refractivity contribution in [3.8, 4) is 0 Å². The fourth-order valence-electron chi connectivity index (χ4n) is 4.14. The van der Waals surface area contributed by atoms with E-state index in [0.717, 1.165) is 44.8 Å². The van der Waals surface area contributed by atoms with E-state index in [-0.39, 0.29) is 11.4 Å². The molecule has 2 aliphatic heterocycles. The zero-order chi connectivity index (χ0) is 19.6. The zero-order valence-corrected chi connectivity index (χ0v) is 17.0. The van der Waals surface area contributed by atoms with Gasteiger partial charge in [-0.15, -0.1) is 0 Å². The van der Waals surface area contributed by atoms with Gasteiger partial charge in [0.25, 0.3) is 0 Å². The summed E-state index contributed by atoms with van der Waals surface area (Å²) in [7, 11) is 0. The molecule has 28 heavy (non-hydrogen) atoms. The normalized spacial score (nSPS) is 17.1. The molecule has 0 spiro atoms. The molecule has 0 aliphatic carbocycles. The summed E-state index contributed by atoms with van der Waals surface area (Å²) in [5.74, 6) is 0.106. The number of nitrogens with one attached hydrogen (secondary N) is 2. The summed E-state index contributed by atoms with van der Waals surface area (Å²) in [6.45, 7) is 9.83. The summed E-state index contributed by atoms with van der Waals surface area (Å²) >= 11 is 0. The average molecular weight is 382 g/mol. The second-order valence-corrected chi connectivity index (χ2v) is 8.56. The van der Waals surface area contributed by atoms with Crippen molar-refractivity contribution in [2.45, 2.75) is 58.3 Å². The predicted octanol–water partition coefficient (Wildman–Crippen LogP) is 1.87. The second-order valence-electron chi connectivity index (χ2n) is 8.56. The van der Waals surface area contributed by atoms with Crippen LogP contribution >= 0.6 is 0 Å². The highest BCUT2D eigenvalue weighted by Gasteiger charge is 2.30. The molecule has 1 aromatic carbocycles. The van der Waals surface area contributed by atoms with Gasteiger partial charge in [-0.05, 0) is 37.5 Å². The molecule has 2 aromatic rings. The van der Waals surface area contributed by atoms with Crippen molar-refractivity contribution in [3.63, 3.8) is 0 Å². The number of aromatic nitrogens is 2. The fraction of sp³-hybridized carbons (Fsp3) is 0.545. The van der Waals surface area contributed by atoms with E-state index in [9.17, 15) is 4.79 Å². The first-order chi connectivity index (χ1) is 13.5. The maximum Gasteiger partial charge on any atom is 0.220 e. The SMILES string of the molecule is CC(C)(CNC(=O)CCc1cc2n(n1)CCNC2)N1CCc2ccccc2C1. The van der Waals surface area contributed by atoms with E-state index < -0.39 is 0 Å². The van der Waals surface area contributed by atoms with E-state index in [1.807, 2.05) is 0 Å². The summed E-state index contributed by atoms with van der Waals surface area (Å²) in [4.78, 5) is 14.9. The van der Waals surface area contributed by atoms with E-state index >= 15 is 0 Å². The van der Waals surface area contributed by atoms with Gasteiger partial charge < -0.3 is 10.6 Å². The van der Waals surface area contributed by atoms with Crippen LogP contribution in [0.4, 0.5) is 0 Å². The minimum Gasteiger partial charge on any atom is -0.354 e. The van der Waals surface area contributed by atoms with Crippen LogP contribution < -0.4 is 10.6 Å². The Morgan fingerprint density at radius 1 is 1.25 bits per heavy atom. The first-order valence-electron chi connectivity index (χ1n) is 10.4. The fourth-order valence-corrected chi connectivity index (χ4v) is 4.14. The van der Waals surface area contributed by atoms with Gasteiger partial charge in [0.05, 0.1) is 17.9 Å². The third-order valence-electron chi connectivity index (χ3n) is 6.03. The second kappa shape index (κ2) is 8.05. The molecule has 0 radical (unpaired) electrons. The topological polar surface area (TPSA) is 62.2 Å². The van der Waals surface area contributed by atoms with Gasteiger partial charge in [-0.3, -0.25) is 14.4 Å². The molecule has 0 bridgehead atoms. The maximum absolute atomic E-state index is 12.4. The molecule has 0 saturated heterocycles. The third-order valence-corrected chi connectivity index (χ3v) is 6.03. The van der Waals surface area contributed by atoms with Crippen LogP contribution in [0.25, 0.3) is 0 Å². The molecule has 2 N–H and O–H groups in total. The average Bonchev–Trinajstić information content (AvgIpc) is 3.13. The Bertz CT molecular complexity index is 818. The van der Waals surface area contributed by atoms with Gasteiger partial charge in [-0.2, -0.15) is 5.10 Å². The van der Waals surface area contributed by atoms with E-state index in [4.69, 9.17) is 0 Å². The molecule has 6 nitrogen and oxygen atoms in total. The van der Waals surface area contributed by atoms with Crippen molar-refractivity contribution < 1.29 is 4.79 Å². The molecule has 0 saturated carbocycles. The minimum atomic E-state index is -0.0671. The summed E-state index contributed by atoms with van der Waals surface area (Å²) in [6, 6.07) is 10.8. The first kappa shape index (κ1) is 19.2. The molecule has 2 aliphatic rings. The Kier molecular flexibility index (Phi) is 5.51. The Morgan fingerprint density at radius 2 is 2.07 bits per heavy atom. The van der Waals surface area contributed by atoms with Crippen LogP contribution in [0, 0.1) is 0 Å². The number of carbonyl (C=O) groups is 1. The van der Waals surface area contributed by atoms with Crippen LogP contribution in [0.5, 0.6) is 0 Å². The van der Waals surface area contributed by atoms with Gasteiger partial charge in [0.1, 0.15) is 0 Å². The standard InChI is InChI=1S/C22H31N5O/c1-22(2,26-11-9-17-5-3-4-6-18(17)15-26)16-24-21(28)8-7-19-13-20-14-23-10-12-27(20)25-19/h3-6,13,23H,7-12,14-16H2,1-2H3,(H,24,28). The van der Waals surface area contributed by atoms with E-state index in [1.54, 1.807) is 0 Å². The lowest BCUT2D eigenvalue weighted by molar-refractivity contribution is -0.121. The molecule has 4 rings (SSSR count). The first-order valence-corrected chi connectivity index (χ1v) is 10.4. The van der Waals surface area contributed by atoms with E-state index in [0.29, 0.717) is 19.4 Å². The number of amides is 1. The zero-order valence-electron chi connectivity index (χ0n) is 17.0. The Morgan fingerprint density at radius 3 is 2.89 bits per heavy atom. The Balaban J connectivity index is 1.26. The highest BCUT2D eigenvalue weighted by atomic mass is 16.1. The van der Waals surface area contributed by atoms with Crippen molar-refractivity contribution in [3.05, 3.63) is 52.8 Å². The van der Waals surface area contributed by atoms with Gasteiger partial charge in [-0.1, -0.05) is 24.3 Å². The summed E-state index contributed by atoms with van der Waals surface area (Å²) in [6.07, 6.45) is 2.26. The van der Waals surface area contributed by atoms with Crippen molar-refractivity contribution in [1.82, 2.24) is 25.3 Å². The van der Waals surface area contributed by atoms with Crippen LogP contribution in [0.1, 0.15) is 42.8 Å². The molecule has 6 heteroatoms. The van der Waals surface area contributed by atoms with E-state index in [2.05, 4.69) is 69.5 Å². The van der Waals surface area contributed by atoms with Crippen LogP contribution in [-0.2, 0) is 37.3 Å². The predicted molar refractivity (Wildman–Crippen MR) is 110 cm³/mol. The highest BCUT2D eigenvalue weighted by molar-refractivity contribution is 5.76. The smallest absolute Gasteiger partial charge is 0.220 e. The minimum absolute atomic E-state index is 0.0671. The molecular formula is C22H31N5O. The number of nitrogens with zero attached hydrogens (tertiary/aromatic N) is 3. The number of hydrogen-bond acceptors (Lipinski definition) is 4. The lowest BCUT2D eigenvalue weighted by Gasteiger charge is -2.41. The van der Waals surface area contributed by atoms with Gasteiger partial charge in [0.15, 0.2) is 0 Å². The van der Waals surface area contributed by atoms with Crippen LogP contribution in [0.3, 0.4) is 0 Å². The molecule has 1 aromatic heterocycles. The summed E-state index contributed by atoms with van der Waals surface area (Å²) in [5, 5.41) is 11.1. The monoisotopic (exact) mass is 381 g/mol. The quantitative estimate of drug-likeness (QED) is 0.802. The maximum atomic E-state index is 12.4. The van der Waals surface area contributed by atoms with Gasteiger partial charge in [-0.25, -0.2) is 0 Å². The Labute approximate surface area is 167 Å². The lowest BCUT2D eigenvalue weighted by Crippen LogP contribution is -2.53. The van der Waals surface area contributed by atoms with Crippen molar-refractivity contribution in [2.75, 3.05) is 19.6 Å². The third kappa shape index (κ3) is 4.28. The van der Waals surface area contributed by atoms with Crippen molar-refractivity contribution in [1.29, 1.82) is 0 Å². The van der Waals surface area contributed by atoms with Gasteiger partial charge >= 0.3 is 0 Å². The number of fused-ring (bicyclic) bond motifs is 2. The summed E-state index contributed by atoms with van der Waals surface area (Å²) in [5.41, 5.74) is 5.03. The van der Waals surface area contributed by atoms with Gasteiger partial charge in [0.2, 0.25) is 5.91 Å². The van der Waals surface area contributed by atoms with E-state index in [1.165, 1.54) is 16.8 Å². The lowest BCUT2D eigenvalue weighted by atomic mass is 9.94. The number of rotatable bonds is 6. The Hall–Kier alpha value is -2.18. The largest absolute Gasteiger partial charge is 0.354 e. The van der Waals surface area contributed by atoms with Crippen LogP contribution in [0.2, 0.25) is 0 Å². The summed E-state index contributed by atoms with van der Waals surface area (Å²) < 4.78 is 2.06. The molecule has 1 amide bonds. The van der Waals surface area contributed by atoms with Crippen molar-refractivity contribution in [2.24, 2.45) is 0 Å². The molecule has 0 atom stereocenters. The van der Waals surface area contributed by atoms with Crippen LogP contribution in [0.15, 0.2) is 30.3 Å². The number of aryl methyl sites for hydroxylation is 1. The molecule has 150 valence electrons. The molecule has 3 heterocycles. The highest BCUT2D eigenvalue weighted by Crippen LogP contribution is 2.25. The van der Waals surface area contributed by atoms with Crippen LogP contribution in [-0.4, -0.2) is 45.8 Å². The molecule has 0 unspecified atom stereocenters. The van der Waals surface area contributed by atoms with Gasteiger partial charge in [0, 0.05) is 51.1 Å². The molecule has 0 fully saturated rings. The molecular weight excluding hydrogens is 350 g/mol. The number of benzene rings is 1. The number of carbonyl (C=O) groups excluding carboxylic acids is 1. The van der Waals surface area contributed by atoms with Crippen molar-refractivity contribution >= 4 is 5.91 Å². The number of hydrogen-bond donors (Lipinski definition) is 2.